The normalized spacial score (nSPS) is 12.0. The molecule has 0 radical (unpaired) electrons. The molecule has 0 aliphatic rings. The van der Waals surface area contributed by atoms with Gasteiger partial charge in [0, 0.05) is 10.0 Å². The van der Waals surface area contributed by atoms with Gasteiger partial charge in [-0.1, -0.05) is 35.8 Å². The van der Waals surface area contributed by atoms with Crippen molar-refractivity contribution in [1.82, 2.24) is 10.6 Å². The summed E-state index contributed by atoms with van der Waals surface area (Å²) >= 11 is 3.34. The number of rotatable bonds is 7. The van der Waals surface area contributed by atoms with E-state index in [2.05, 4.69) is 26.6 Å². The van der Waals surface area contributed by atoms with E-state index in [4.69, 9.17) is 4.42 Å². The zero-order valence-electron chi connectivity index (χ0n) is 13.7. The Morgan fingerprint density at radius 1 is 1.21 bits per heavy atom. The average Bonchev–Trinajstić information content (AvgIpc) is 3.05. The Hall–Kier alpha value is -2.08. The molecule has 0 aliphatic heterocycles. The highest BCUT2D eigenvalue weighted by atomic mass is 79.9. The van der Waals surface area contributed by atoms with Crippen LogP contribution in [0.25, 0.3) is 0 Å². The van der Waals surface area contributed by atoms with E-state index >= 15 is 0 Å². The zero-order valence-corrected chi connectivity index (χ0v) is 15.3. The van der Waals surface area contributed by atoms with Gasteiger partial charge in [0.1, 0.15) is 11.8 Å². The molecule has 2 rings (SSSR count). The molecule has 0 saturated carbocycles. The Labute approximate surface area is 149 Å². The molecule has 0 spiro atoms. The third kappa shape index (κ3) is 5.53. The minimum Gasteiger partial charge on any atom is -0.467 e. The fourth-order valence-corrected chi connectivity index (χ4v) is 2.68. The zero-order chi connectivity index (χ0) is 17.5. The van der Waals surface area contributed by atoms with Gasteiger partial charge < -0.3 is 15.1 Å². The van der Waals surface area contributed by atoms with Gasteiger partial charge in [-0.2, -0.15) is 0 Å². The van der Waals surface area contributed by atoms with Crippen LogP contribution >= 0.6 is 15.9 Å². The number of halogens is 1. The van der Waals surface area contributed by atoms with Crippen molar-refractivity contribution >= 4 is 27.7 Å². The predicted molar refractivity (Wildman–Crippen MR) is 95.4 cm³/mol. The molecular formula is C18H21BrN2O3. The second-order valence-corrected chi connectivity index (χ2v) is 6.88. The third-order valence-corrected chi connectivity index (χ3v) is 3.93. The fraction of sp³-hybridized carbons (Fsp3) is 0.333. The van der Waals surface area contributed by atoms with Crippen molar-refractivity contribution in [3.05, 3.63) is 58.5 Å². The number of furan rings is 1. The van der Waals surface area contributed by atoms with Crippen molar-refractivity contribution in [3.63, 3.8) is 0 Å². The molecule has 128 valence electrons. The lowest BCUT2D eigenvalue weighted by molar-refractivity contribution is -0.123. The maximum Gasteiger partial charge on any atom is 0.251 e. The summed E-state index contributed by atoms with van der Waals surface area (Å²) in [5.74, 6) is 0.454. The molecule has 6 heteroatoms. The Kier molecular flexibility index (Phi) is 6.61. The summed E-state index contributed by atoms with van der Waals surface area (Å²) in [6.07, 6.45) is 2.12. The lowest BCUT2D eigenvalue weighted by atomic mass is 10.0. The molecule has 2 aromatic rings. The molecule has 0 bridgehead atoms. The van der Waals surface area contributed by atoms with Crippen LogP contribution in [0.3, 0.4) is 0 Å². The molecule has 1 heterocycles. The molecular weight excluding hydrogens is 372 g/mol. The first-order valence-electron chi connectivity index (χ1n) is 7.82. The molecule has 0 aliphatic carbocycles. The van der Waals surface area contributed by atoms with E-state index in [-0.39, 0.29) is 17.7 Å². The van der Waals surface area contributed by atoms with E-state index in [1.54, 1.807) is 36.6 Å². The van der Waals surface area contributed by atoms with Crippen molar-refractivity contribution in [2.24, 2.45) is 5.92 Å². The van der Waals surface area contributed by atoms with Crippen molar-refractivity contribution in [2.45, 2.75) is 32.9 Å². The van der Waals surface area contributed by atoms with Gasteiger partial charge in [0.05, 0.1) is 12.8 Å². The van der Waals surface area contributed by atoms with Crippen molar-refractivity contribution in [2.75, 3.05) is 0 Å². The van der Waals surface area contributed by atoms with Crippen LogP contribution in [0.4, 0.5) is 0 Å². The number of carbonyl (C=O) groups excluding carboxylic acids is 2. The quantitative estimate of drug-likeness (QED) is 0.757. The standard InChI is InChI=1S/C18H21BrN2O3/c1-12(2)9-16(18(23)20-11-15-7-4-8-24-15)21-17(22)13-5-3-6-14(19)10-13/h3-8,10,12,16H,9,11H2,1-2H3,(H,20,23)(H,21,22)/t16-/m1/s1. The topological polar surface area (TPSA) is 71.3 Å². The number of hydrogen-bond acceptors (Lipinski definition) is 3. The molecule has 2 N–H and O–H groups in total. The van der Waals surface area contributed by atoms with E-state index in [1.165, 1.54) is 0 Å². The van der Waals surface area contributed by atoms with E-state index < -0.39 is 6.04 Å². The van der Waals surface area contributed by atoms with Crippen LogP contribution < -0.4 is 10.6 Å². The largest absolute Gasteiger partial charge is 0.467 e. The molecule has 0 saturated heterocycles. The minimum absolute atomic E-state index is 0.219. The first-order chi connectivity index (χ1) is 11.5. The van der Waals surface area contributed by atoms with Gasteiger partial charge in [0.15, 0.2) is 0 Å². The Morgan fingerprint density at radius 3 is 2.62 bits per heavy atom. The molecule has 24 heavy (non-hydrogen) atoms. The number of carbonyl (C=O) groups is 2. The highest BCUT2D eigenvalue weighted by Gasteiger charge is 2.22. The summed E-state index contributed by atoms with van der Waals surface area (Å²) in [6, 6.07) is 10.0. The minimum atomic E-state index is -0.591. The Morgan fingerprint density at radius 2 is 2.00 bits per heavy atom. The van der Waals surface area contributed by atoms with Gasteiger partial charge in [-0.3, -0.25) is 9.59 Å². The molecule has 1 aromatic carbocycles. The molecule has 1 atom stereocenters. The monoisotopic (exact) mass is 392 g/mol. The van der Waals surface area contributed by atoms with Gasteiger partial charge in [-0.15, -0.1) is 0 Å². The van der Waals surface area contributed by atoms with E-state index in [9.17, 15) is 9.59 Å². The first kappa shape index (κ1) is 18.3. The molecule has 2 amide bonds. The summed E-state index contributed by atoms with van der Waals surface area (Å²) < 4.78 is 6.02. The Bertz CT molecular complexity index is 683. The molecule has 0 fully saturated rings. The van der Waals surface area contributed by atoms with Gasteiger partial charge in [-0.05, 0) is 42.7 Å². The van der Waals surface area contributed by atoms with Crippen LogP contribution in [0.15, 0.2) is 51.6 Å². The van der Waals surface area contributed by atoms with Crippen LogP contribution in [-0.4, -0.2) is 17.9 Å². The third-order valence-electron chi connectivity index (χ3n) is 3.43. The predicted octanol–water partition coefficient (Wildman–Crippen LogP) is 3.50. The lowest BCUT2D eigenvalue weighted by Crippen LogP contribution is -2.47. The summed E-state index contributed by atoms with van der Waals surface area (Å²) in [6.45, 7) is 4.32. The van der Waals surface area contributed by atoms with Gasteiger partial charge in [-0.25, -0.2) is 0 Å². The molecule has 5 nitrogen and oxygen atoms in total. The fourth-order valence-electron chi connectivity index (χ4n) is 2.28. The van der Waals surface area contributed by atoms with E-state index in [1.807, 2.05) is 19.9 Å². The van der Waals surface area contributed by atoms with Crippen molar-refractivity contribution < 1.29 is 14.0 Å². The summed E-state index contributed by atoms with van der Waals surface area (Å²) in [5.41, 5.74) is 0.511. The summed E-state index contributed by atoms with van der Waals surface area (Å²) in [5, 5.41) is 5.62. The van der Waals surface area contributed by atoms with Crippen molar-refractivity contribution in [1.29, 1.82) is 0 Å². The lowest BCUT2D eigenvalue weighted by Gasteiger charge is -2.20. The van der Waals surface area contributed by atoms with Crippen LogP contribution in [-0.2, 0) is 11.3 Å². The second kappa shape index (κ2) is 8.68. The number of nitrogens with one attached hydrogen (secondary N) is 2. The summed E-state index contributed by atoms with van der Waals surface area (Å²) in [4.78, 5) is 24.8. The summed E-state index contributed by atoms with van der Waals surface area (Å²) in [7, 11) is 0. The number of benzene rings is 1. The second-order valence-electron chi connectivity index (χ2n) is 5.96. The number of hydrogen-bond donors (Lipinski definition) is 2. The maximum atomic E-state index is 12.4. The smallest absolute Gasteiger partial charge is 0.251 e. The van der Waals surface area contributed by atoms with E-state index in [0.29, 0.717) is 24.3 Å². The van der Waals surface area contributed by atoms with Crippen LogP contribution in [0.2, 0.25) is 0 Å². The Balaban J connectivity index is 2.01. The van der Waals surface area contributed by atoms with E-state index in [0.717, 1.165) is 4.47 Å². The highest BCUT2D eigenvalue weighted by Crippen LogP contribution is 2.13. The van der Waals surface area contributed by atoms with Crippen molar-refractivity contribution in [3.8, 4) is 0 Å². The number of amides is 2. The van der Waals surface area contributed by atoms with Gasteiger partial charge in [0.25, 0.3) is 5.91 Å². The van der Waals surface area contributed by atoms with Gasteiger partial charge >= 0.3 is 0 Å². The van der Waals surface area contributed by atoms with Gasteiger partial charge in [0.2, 0.25) is 5.91 Å². The molecule has 0 unspecified atom stereocenters. The maximum absolute atomic E-state index is 12.4. The molecule has 1 aromatic heterocycles. The highest BCUT2D eigenvalue weighted by molar-refractivity contribution is 9.10. The van der Waals surface area contributed by atoms with Crippen LogP contribution in [0, 0.1) is 5.92 Å². The first-order valence-corrected chi connectivity index (χ1v) is 8.61. The van der Waals surface area contributed by atoms with Crippen LogP contribution in [0.1, 0.15) is 36.4 Å². The average molecular weight is 393 g/mol. The van der Waals surface area contributed by atoms with Crippen LogP contribution in [0.5, 0.6) is 0 Å². The SMILES string of the molecule is CC(C)C[C@@H](NC(=O)c1cccc(Br)c1)C(=O)NCc1ccco1.